The maximum absolute atomic E-state index is 11.7. The Bertz CT molecular complexity index is 683. The lowest BCUT2D eigenvalue weighted by atomic mass is 10.1. The first-order valence-corrected chi connectivity index (χ1v) is 6.54. The number of benzene rings is 1. The number of hydrogen-bond acceptors (Lipinski definition) is 4. The van der Waals surface area contributed by atoms with Gasteiger partial charge in [-0.15, -0.1) is 0 Å². The zero-order valence-electron chi connectivity index (χ0n) is 11.1. The summed E-state index contributed by atoms with van der Waals surface area (Å²) >= 11 is 5.93. The van der Waals surface area contributed by atoms with E-state index in [4.69, 9.17) is 26.3 Å². The molecule has 0 fully saturated rings. The van der Waals surface area contributed by atoms with Crippen molar-refractivity contribution in [3.63, 3.8) is 0 Å². The van der Waals surface area contributed by atoms with Crippen LogP contribution in [0.15, 0.2) is 48.1 Å². The summed E-state index contributed by atoms with van der Waals surface area (Å²) in [7, 11) is 0. The van der Waals surface area contributed by atoms with Crippen LogP contribution < -0.4 is 4.74 Å². The first-order chi connectivity index (χ1) is 10.1. The van der Waals surface area contributed by atoms with Crippen LogP contribution in [0.3, 0.4) is 0 Å². The van der Waals surface area contributed by atoms with Gasteiger partial charge in [0.2, 0.25) is 0 Å². The highest BCUT2D eigenvalue weighted by molar-refractivity contribution is 6.30. The Hall–Kier alpha value is -2.51. The number of fused-ring (bicyclic) bond motifs is 1. The van der Waals surface area contributed by atoms with E-state index in [1.54, 1.807) is 18.2 Å². The van der Waals surface area contributed by atoms with Gasteiger partial charge in [-0.2, -0.15) is 5.26 Å². The Morgan fingerprint density at radius 2 is 2.38 bits per heavy atom. The Kier molecular flexibility index (Phi) is 4.81. The number of carbonyl (C=O) groups is 1. The molecule has 0 bridgehead atoms. The van der Waals surface area contributed by atoms with E-state index >= 15 is 0 Å². The number of ether oxygens (including phenoxy) is 2. The van der Waals surface area contributed by atoms with Crippen molar-refractivity contribution in [1.29, 1.82) is 5.26 Å². The fourth-order valence-corrected chi connectivity index (χ4v) is 1.96. The predicted molar refractivity (Wildman–Crippen MR) is 79.8 cm³/mol. The number of halogens is 1. The SMILES string of the molecule is C=CCOC(=O)/C(C#N)=C/C1=Cc2cc(Cl)ccc2OC1. The van der Waals surface area contributed by atoms with Gasteiger partial charge in [-0.3, -0.25) is 0 Å². The average Bonchev–Trinajstić information content (AvgIpc) is 2.49. The van der Waals surface area contributed by atoms with E-state index in [1.807, 2.05) is 12.1 Å². The van der Waals surface area contributed by atoms with E-state index in [1.165, 1.54) is 12.2 Å². The monoisotopic (exact) mass is 301 g/mol. The highest BCUT2D eigenvalue weighted by Gasteiger charge is 2.14. The molecule has 0 saturated heterocycles. The minimum atomic E-state index is -0.685. The summed E-state index contributed by atoms with van der Waals surface area (Å²) < 4.78 is 10.4. The molecule has 0 atom stereocenters. The maximum Gasteiger partial charge on any atom is 0.349 e. The lowest BCUT2D eigenvalue weighted by Crippen LogP contribution is -2.10. The molecule has 0 N–H and O–H groups in total. The largest absolute Gasteiger partial charge is 0.488 e. The van der Waals surface area contributed by atoms with Crippen molar-refractivity contribution in [3.8, 4) is 11.8 Å². The van der Waals surface area contributed by atoms with Crippen LogP contribution in [-0.2, 0) is 9.53 Å². The second kappa shape index (κ2) is 6.78. The molecule has 0 radical (unpaired) electrons. The van der Waals surface area contributed by atoms with Gasteiger partial charge in [0.1, 0.15) is 30.6 Å². The summed E-state index contributed by atoms with van der Waals surface area (Å²) in [5, 5.41) is 9.62. The minimum absolute atomic E-state index is 0.0614. The Morgan fingerprint density at radius 1 is 1.57 bits per heavy atom. The van der Waals surface area contributed by atoms with Gasteiger partial charge < -0.3 is 9.47 Å². The van der Waals surface area contributed by atoms with Gasteiger partial charge >= 0.3 is 5.97 Å². The topological polar surface area (TPSA) is 59.3 Å². The number of nitriles is 1. The van der Waals surface area contributed by atoms with Crippen molar-refractivity contribution in [2.24, 2.45) is 0 Å². The zero-order valence-corrected chi connectivity index (χ0v) is 11.9. The lowest BCUT2D eigenvalue weighted by Gasteiger charge is -2.16. The van der Waals surface area contributed by atoms with Crippen molar-refractivity contribution in [2.45, 2.75) is 0 Å². The average molecular weight is 302 g/mol. The van der Waals surface area contributed by atoms with Gasteiger partial charge in [-0.25, -0.2) is 4.79 Å². The Balaban J connectivity index is 2.26. The normalized spacial score (nSPS) is 13.3. The van der Waals surface area contributed by atoms with Crippen LogP contribution in [0, 0.1) is 11.3 Å². The smallest absolute Gasteiger partial charge is 0.349 e. The molecule has 1 heterocycles. The molecule has 4 nitrogen and oxygen atoms in total. The quantitative estimate of drug-likeness (QED) is 0.370. The fourth-order valence-electron chi connectivity index (χ4n) is 1.78. The van der Waals surface area contributed by atoms with Crippen molar-refractivity contribution in [3.05, 3.63) is 58.7 Å². The van der Waals surface area contributed by atoms with Gasteiger partial charge in [0.15, 0.2) is 0 Å². The van der Waals surface area contributed by atoms with Crippen LogP contribution in [0.1, 0.15) is 5.56 Å². The first-order valence-electron chi connectivity index (χ1n) is 6.17. The summed E-state index contributed by atoms with van der Waals surface area (Å²) in [5.74, 6) is 0.0273. The van der Waals surface area contributed by atoms with E-state index in [9.17, 15) is 4.79 Å². The van der Waals surface area contributed by atoms with Crippen LogP contribution in [-0.4, -0.2) is 19.2 Å². The van der Waals surface area contributed by atoms with Crippen LogP contribution in [0.2, 0.25) is 5.02 Å². The molecule has 106 valence electrons. The summed E-state index contributed by atoms with van der Waals surface area (Å²) in [6.45, 7) is 3.78. The van der Waals surface area contributed by atoms with Crippen LogP contribution >= 0.6 is 11.6 Å². The van der Waals surface area contributed by atoms with E-state index in [-0.39, 0.29) is 18.8 Å². The molecule has 2 rings (SSSR count). The van der Waals surface area contributed by atoms with Crippen molar-refractivity contribution in [2.75, 3.05) is 13.2 Å². The molecule has 0 aromatic heterocycles. The van der Waals surface area contributed by atoms with Gasteiger partial charge in [0.25, 0.3) is 0 Å². The van der Waals surface area contributed by atoms with Crippen molar-refractivity contribution >= 4 is 23.6 Å². The van der Waals surface area contributed by atoms with Gasteiger partial charge in [0.05, 0.1) is 0 Å². The number of carbonyl (C=O) groups excluding carboxylic acids is 1. The fraction of sp³-hybridized carbons (Fsp3) is 0.125. The standard InChI is InChI=1S/C16H12ClNO3/c1-2-5-20-16(19)13(9-18)7-11-6-12-8-14(17)3-4-15(12)21-10-11/h2-4,6-8H,1,5,10H2/b13-7+. The third-order valence-corrected chi connectivity index (χ3v) is 2.94. The van der Waals surface area contributed by atoms with Crippen molar-refractivity contribution in [1.82, 2.24) is 0 Å². The molecule has 5 heteroatoms. The molecular formula is C16H12ClNO3. The van der Waals surface area contributed by atoms with Gasteiger partial charge in [0, 0.05) is 10.6 Å². The van der Waals surface area contributed by atoms with E-state index < -0.39 is 5.97 Å². The van der Waals surface area contributed by atoms with E-state index in [2.05, 4.69) is 6.58 Å². The number of hydrogen-bond donors (Lipinski definition) is 0. The molecule has 1 aromatic rings. The number of rotatable bonds is 4. The molecule has 0 spiro atoms. The third kappa shape index (κ3) is 3.74. The highest BCUT2D eigenvalue weighted by Crippen LogP contribution is 2.29. The van der Waals surface area contributed by atoms with Gasteiger partial charge in [-0.05, 0) is 35.9 Å². The second-order valence-electron chi connectivity index (χ2n) is 4.25. The summed E-state index contributed by atoms with van der Waals surface area (Å²) in [5.41, 5.74) is 1.41. The lowest BCUT2D eigenvalue weighted by molar-refractivity contribution is -0.137. The first kappa shape index (κ1) is 14.9. The third-order valence-electron chi connectivity index (χ3n) is 2.71. The molecule has 21 heavy (non-hydrogen) atoms. The van der Waals surface area contributed by atoms with Crippen LogP contribution in [0.4, 0.5) is 0 Å². The number of esters is 1. The van der Waals surface area contributed by atoms with Crippen LogP contribution in [0.25, 0.3) is 6.08 Å². The molecule has 1 aliphatic rings. The zero-order chi connectivity index (χ0) is 15.2. The van der Waals surface area contributed by atoms with Gasteiger partial charge in [-0.1, -0.05) is 24.3 Å². The number of nitrogens with zero attached hydrogens (tertiary/aromatic N) is 1. The molecule has 1 aromatic carbocycles. The molecule has 0 unspecified atom stereocenters. The van der Waals surface area contributed by atoms with Crippen molar-refractivity contribution < 1.29 is 14.3 Å². The summed E-state index contributed by atoms with van der Waals surface area (Å²) in [6, 6.07) is 7.09. The highest BCUT2D eigenvalue weighted by atomic mass is 35.5. The summed E-state index contributed by atoms with van der Waals surface area (Å²) in [6.07, 6.45) is 4.71. The predicted octanol–water partition coefficient (Wildman–Crippen LogP) is 3.29. The minimum Gasteiger partial charge on any atom is -0.488 e. The van der Waals surface area contributed by atoms with E-state index in [0.29, 0.717) is 16.3 Å². The Morgan fingerprint density at radius 3 is 3.10 bits per heavy atom. The molecule has 0 saturated carbocycles. The Labute approximate surface area is 127 Å². The van der Waals surface area contributed by atoms with E-state index in [0.717, 1.165) is 5.56 Å². The molecule has 0 aliphatic carbocycles. The molecular weight excluding hydrogens is 290 g/mol. The molecule has 1 aliphatic heterocycles. The second-order valence-corrected chi connectivity index (χ2v) is 4.68. The van der Waals surface area contributed by atoms with Crippen LogP contribution in [0.5, 0.6) is 5.75 Å². The summed E-state index contributed by atoms with van der Waals surface area (Å²) in [4.78, 5) is 11.7. The molecule has 0 amide bonds. The maximum atomic E-state index is 11.7.